The Hall–Kier alpha value is -0.420. The van der Waals surface area contributed by atoms with Crippen LogP contribution in [0.4, 0.5) is 0 Å². The van der Waals surface area contributed by atoms with Crippen molar-refractivity contribution in [3.63, 3.8) is 0 Å². The third-order valence-electron chi connectivity index (χ3n) is 3.07. The highest BCUT2D eigenvalue weighted by atomic mass is 32.1. The van der Waals surface area contributed by atoms with E-state index in [1.165, 1.54) is 5.56 Å². The van der Waals surface area contributed by atoms with Crippen molar-refractivity contribution in [1.29, 1.82) is 0 Å². The van der Waals surface area contributed by atoms with E-state index in [1.807, 2.05) is 0 Å². The zero-order valence-corrected chi connectivity index (χ0v) is 11.8. The van der Waals surface area contributed by atoms with Crippen molar-refractivity contribution in [2.75, 3.05) is 26.2 Å². The summed E-state index contributed by atoms with van der Waals surface area (Å²) in [5.74, 6) is 0. The molecule has 0 amide bonds. The molecule has 0 aliphatic rings. The number of hydrogen-bond acceptors (Lipinski definition) is 4. The fourth-order valence-electron chi connectivity index (χ4n) is 1.80. The Morgan fingerprint density at radius 1 is 1.41 bits per heavy atom. The molecule has 0 bridgehead atoms. The second kappa shape index (κ2) is 7.82. The van der Waals surface area contributed by atoms with E-state index >= 15 is 0 Å². The lowest BCUT2D eigenvalue weighted by Crippen LogP contribution is -2.38. The molecule has 0 fully saturated rings. The first-order valence-electron chi connectivity index (χ1n) is 6.33. The van der Waals surface area contributed by atoms with Crippen LogP contribution in [0.1, 0.15) is 32.4 Å². The summed E-state index contributed by atoms with van der Waals surface area (Å²) in [6.45, 7) is 9.76. The van der Waals surface area contributed by atoms with Crippen molar-refractivity contribution in [3.8, 4) is 0 Å². The van der Waals surface area contributed by atoms with Gasteiger partial charge in [0, 0.05) is 19.1 Å². The maximum atomic E-state index is 9.93. The van der Waals surface area contributed by atoms with Crippen molar-refractivity contribution in [1.82, 2.24) is 10.2 Å². The third-order valence-corrected chi connectivity index (χ3v) is 3.77. The number of likely N-dealkylation sites (N-methyl/N-ethyl adjacent to an activating group) is 1. The predicted molar refractivity (Wildman–Crippen MR) is 74.5 cm³/mol. The molecule has 0 radical (unpaired) electrons. The molecule has 98 valence electrons. The molecule has 0 aromatic carbocycles. The fraction of sp³-hybridized carbons (Fsp3) is 0.692. The average Bonchev–Trinajstić information content (AvgIpc) is 2.86. The molecule has 0 aliphatic carbocycles. The van der Waals surface area contributed by atoms with E-state index in [1.54, 1.807) is 11.3 Å². The molecule has 1 heterocycles. The summed E-state index contributed by atoms with van der Waals surface area (Å²) >= 11 is 1.71. The van der Waals surface area contributed by atoms with Crippen LogP contribution in [0.2, 0.25) is 0 Å². The summed E-state index contributed by atoms with van der Waals surface area (Å²) in [4.78, 5) is 2.24. The summed E-state index contributed by atoms with van der Waals surface area (Å²) in [5, 5.41) is 17.5. The van der Waals surface area contributed by atoms with Gasteiger partial charge >= 0.3 is 0 Å². The number of thiophene rings is 1. The Bertz CT molecular complexity index is 286. The molecule has 0 saturated heterocycles. The van der Waals surface area contributed by atoms with E-state index in [2.05, 4.69) is 47.8 Å². The molecule has 0 saturated carbocycles. The van der Waals surface area contributed by atoms with Gasteiger partial charge in [-0.1, -0.05) is 13.8 Å². The van der Waals surface area contributed by atoms with E-state index in [0.29, 0.717) is 12.6 Å². The maximum absolute atomic E-state index is 9.93. The molecule has 0 spiro atoms. The molecular formula is C13H24N2OS. The van der Waals surface area contributed by atoms with Crippen molar-refractivity contribution in [3.05, 3.63) is 22.4 Å². The summed E-state index contributed by atoms with van der Waals surface area (Å²) in [6, 6.07) is 2.44. The Balaban J connectivity index is 2.25. The van der Waals surface area contributed by atoms with E-state index in [9.17, 15) is 5.11 Å². The Labute approximate surface area is 108 Å². The van der Waals surface area contributed by atoms with Gasteiger partial charge in [-0.25, -0.2) is 0 Å². The molecule has 3 nitrogen and oxygen atoms in total. The van der Waals surface area contributed by atoms with Gasteiger partial charge in [0.1, 0.15) is 0 Å². The number of hydrogen-bond donors (Lipinski definition) is 2. The van der Waals surface area contributed by atoms with Gasteiger partial charge in [-0.05, 0) is 42.4 Å². The molecule has 2 N–H and O–H groups in total. The quantitative estimate of drug-likeness (QED) is 0.748. The van der Waals surface area contributed by atoms with E-state index in [-0.39, 0.29) is 6.10 Å². The molecule has 1 aromatic heterocycles. The SMILES string of the molecule is CCN(CC)CC(O)CNC(C)c1ccsc1. The summed E-state index contributed by atoms with van der Waals surface area (Å²) in [6.07, 6.45) is -0.295. The van der Waals surface area contributed by atoms with Crippen molar-refractivity contribution < 1.29 is 5.11 Å². The molecule has 4 heteroatoms. The Kier molecular flexibility index (Phi) is 6.73. The fourth-order valence-corrected chi connectivity index (χ4v) is 2.55. The number of nitrogens with one attached hydrogen (secondary N) is 1. The molecule has 2 unspecified atom stereocenters. The topological polar surface area (TPSA) is 35.5 Å². The number of nitrogens with zero attached hydrogens (tertiary/aromatic N) is 1. The minimum absolute atomic E-state index is 0.295. The van der Waals surface area contributed by atoms with Crippen LogP contribution in [-0.2, 0) is 0 Å². The average molecular weight is 256 g/mol. The van der Waals surface area contributed by atoms with E-state index in [4.69, 9.17) is 0 Å². The third kappa shape index (κ3) is 5.17. The normalized spacial score (nSPS) is 15.1. The number of aliphatic hydroxyl groups excluding tert-OH is 1. The highest BCUT2D eigenvalue weighted by Gasteiger charge is 2.11. The van der Waals surface area contributed by atoms with Gasteiger partial charge in [-0.3, -0.25) is 0 Å². The van der Waals surface area contributed by atoms with Gasteiger partial charge in [-0.15, -0.1) is 0 Å². The first-order chi connectivity index (χ1) is 8.17. The monoisotopic (exact) mass is 256 g/mol. The highest BCUT2D eigenvalue weighted by Crippen LogP contribution is 2.15. The van der Waals surface area contributed by atoms with Gasteiger partial charge in [-0.2, -0.15) is 11.3 Å². The van der Waals surface area contributed by atoms with Crippen molar-refractivity contribution in [2.45, 2.75) is 32.9 Å². The van der Waals surface area contributed by atoms with E-state index in [0.717, 1.165) is 19.6 Å². The number of rotatable bonds is 8. The van der Waals surface area contributed by atoms with Crippen LogP contribution in [0.5, 0.6) is 0 Å². The zero-order chi connectivity index (χ0) is 12.7. The molecule has 0 aliphatic heterocycles. The van der Waals surface area contributed by atoms with Crippen LogP contribution >= 0.6 is 11.3 Å². The predicted octanol–water partition coefficient (Wildman–Crippen LogP) is 2.10. The second-order valence-corrected chi connectivity index (χ2v) is 5.11. The lowest BCUT2D eigenvalue weighted by molar-refractivity contribution is 0.114. The van der Waals surface area contributed by atoms with Gasteiger partial charge in [0.2, 0.25) is 0 Å². The molecule has 2 atom stereocenters. The smallest absolute Gasteiger partial charge is 0.0791 e. The van der Waals surface area contributed by atoms with Crippen molar-refractivity contribution in [2.24, 2.45) is 0 Å². The van der Waals surface area contributed by atoms with Crippen LogP contribution in [0.25, 0.3) is 0 Å². The number of aliphatic hydroxyl groups is 1. The lowest BCUT2D eigenvalue weighted by atomic mass is 10.2. The first kappa shape index (κ1) is 14.6. The summed E-state index contributed by atoms with van der Waals surface area (Å²) < 4.78 is 0. The Morgan fingerprint density at radius 3 is 2.65 bits per heavy atom. The lowest BCUT2D eigenvalue weighted by Gasteiger charge is -2.23. The van der Waals surface area contributed by atoms with Gasteiger partial charge in [0.15, 0.2) is 0 Å². The Morgan fingerprint density at radius 2 is 2.12 bits per heavy atom. The van der Waals surface area contributed by atoms with Crippen LogP contribution in [0.3, 0.4) is 0 Å². The van der Waals surface area contributed by atoms with Crippen molar-refractivity contribution >= 4 is 11.3 Å². The molecule has 17 heavy (non-hydrogen) atoms. The minimum Gasteiger partial charge on any atom is -0.390 e. The highest BCUT2D eigenvalue weighted by molar-refractivity contribution is 7.07. The first-order valence-corrected chi connectivity index (χ1v) is 7.27. The summed E-state index contributed by atoms with van der Waals surface area (Å²) in [7, 11) is 0. The molecule has 1 aromatic rings. The van der Waals surface area contributed by atoms with Gasteiger partial charge in [0.25, 0.3) is 0 Å². The minimum atomic E-state index is -0.295. The van der Waals surface area contributed by atoms with Crippen LogP contribution < -0.4 is 5.32 Å². The van der Waals surface area contributed by atoms with E-state index < -0.39 is 0 Å². The summed E-state index contributed by atoms with van der Waals surface area (Å²) in [5.41, 5.74) is 1.30. The zero-order valence-electron chi connectivity index (χ0n) is 11.0. The molecular weight excluding hydrogens is 232 g/mol. The second-order valence-electron chi connectivity index (χ2n) is 4.33. The largest absolute Gasteiger partial charge is 0.390 e. The van der Waals surface area contributed by atoms with Crippen LogP contribution in [0.15, 0.2) is 16.8 Å². The maximum Gasteiger partial charge on any atom is 0.0791 e. The van der Waals surface area contributed by atoms with Crippen LogP contribution in [0, 0.1) is 0 Å². The van der Waals surface area contributed by atoms with Gasteiger partial charge in [0.05, 0.1) is 6.10 Å². The molecule has 1 rings (SSSR count). The van der Waals surface area contributed by atoms with Gasteiger partial charge < -0.3 is 15.3 Å². The standard InChI is InChI=1S/C13H24N2OS/c1-4-15(5-2)9-13(16)8-14-11(3)12-6-7-17-10-12/h6-7,10-11,13-14,16H,4-5,8-9H2,1-3H3. The van der Waals surface area contributed by atoms with Crippen LogP contribution in [-0.4, -0.2) is 42.3 Å².